The van der Waals surface area contributed by atoms with Crippen LogP contribution in [0.1, 0.15) is 12.6 Å². The number of hydrogen-bond donors (Lipinski definition) is 2. The highest BCUT2D eigenvalue weighted by molar-refractivity contribution is 6.10. The van der Waals surface area contributed by atoms with Crippen molar-refractivity contribution in [3.8, 4) is 5.75 Å². The number of nitrogens with zero attached hydrogens (tertiary/aromatic N) is 2. The molecule has 0 radical (unpaired) electrons. The number of carbonyl (C=O) groups excluding carboxylic acids is 3. The maximum absolute atomic E-state index is 12.7. The number of pyridine rings is 1. The Hall–Kier alpha value is -3.63. The summed E-state index contributed by atoms with van der Waals surface area (Å²) < 4.78 is 40.2. The van der Waals surface area contributed by atoms with Gasteiger partial charge in [-0.05, 0) is 43.3 Å². The summed E-state index contributed by atoms with van der Waals surface area (Å²) in [6, 6.07) is 8.58. The number of rotatable bonds is 5. The molecule has 1 fully saturated rings. The molecule has 8 nitrogen and oxygen atoms in total. The zero-order valence-electron chi connectivity index (χ0n) is 15.0. The Labute approximate surface area is 162 Å². The molecule has 2 N–H and O–H groups in total. The Morgan fingerprint density at radius 3 is 2.48 bits per heavy atom. The van der Waals surface area contributed by atoms with Crippen molar-refractivity contribution in [1.29, 1.82) is 0 Å². The number of imide groups is 1. The normalized spacial score (nSPS) is 19.1. The lowest BCUT2D eigenvalue weighted by Gasteiger charge is -2.20. The summed E-state index contributed by atoms with van der Waals surface area (Å²) in [6.45, 7) is 0.904. The van der Waals surface area contributed by atoms with Crippen LogP contribution < -0.4 is 15.4 Å². The molecule has 4 amide bonds. The first-order valence-electron chi connectivity index (χ1n) is 8.30. The zero-order chi connectivity index (χ0) is 21.2. The number of aromatic nitrogens is 1. The number of anilines is 1. The third-order valence-electron chi connectivity index (χ3n) is 4.13. The van der Waals surface area contributed by atoms with E-state index in [1.807, 2.05) is 0 Å². The monoisotopic (exact) mass is 408 g/mol. The summed E-state index contributed by atoms with van der Waals surface area (Å²) in [6.07, 6.45) is -3.35. The van der Waals surface area contributed by atoms with Crippen LogP contribution in [0.15, 0.2) is 48.7 Å². The van der Waals surface area contributed by atoms with Gasteiger partial charge in [-0.25, -0.2) is 4.79 Å². The van der Waals surface area contributed by atoms with E-state index in [-0.39, 0.29) is 5.69 Å². The van der Waals surface area contributed by atoms with E-state index in [1.165, 1.54) is 25.3 Å². The second-order valence-corrected chi connectivity index (χ2v) is 6.28. The maximum Gasteiger partial charge on any atom is 0.573 e. The molecule has 1 unspecified atom stereocenters. The highest BCUT2D eigenvalue weighted by Gasteiger charge is 2.50. The maximum atomic E-state index is 12.7. The van der Waals surface area contributed by atoms with Crippen molar-refractivity contribution in [3.63, 3.8) is 0 Å². The first-order valence-corrected chi connectivity index (χ1v) is 8.30. The Balaban J connectivity index is 1.65. The van der Waals surface area contributed by atoms with E-state index >= 15 is 0 Å². The highest BCUT2D eigenvalue weighted by Crippen LogP contribution is 2.27. The highest BCUT2D eigenvalue weighted by atomic mass is 19.4. The summed E-state index contributed by atoms with van der Waals surface area (Å²) in [5.41, 5.74) is -0.916. The van der Waals surface area contributed by atoms with Crippen LogP contribution in [-0.2, 0) is 15.1 Å². The minimum Gasteiger partial charge on any atom is -0.406 e. The molecule has 1 aromatic carbocycles. The van der Waals surface area contributed by atoms with Crippen LogP contribution in [0, 0.1) is 0 Å². The van der Waals surface area contributed by atoms with Gasteiger partial charge >= 0.3 is 12.4 Å². The van der Waals surface area contributed by atoms with Crippen LogP contribution in [-0.4, -0.2) is 40.6 Å². The van der Waals surface area contributed by atoms with Gasteiger partial charge < -0.3 is 15.4 Å². The van der Waals surface area contributed by atoms with Gasteiger partial charge in [-0.3, -0.25) is 19.5 Å². The number of ether oxygens (including phenoxy) is 1. The van der Waals surface area contributed by atoms with Crippen LogP contribution in [0.3, 0.4) is 0 Å². The lowest BCUT2D eigenvalue weighted by molar-refractivity contribution is -0.274. The number of nitrogens with one attached hydrogen (secondary N) is 2. The SMILES string of the molecule is CC1(c2ccccn2)NC(=O)N(CC(=O)Nc2ccc(OC(F)(F)F)cc2)C1=O. The predicted molar refractivity (Wildman–Crippen MR) is 93.6 cm³/mol. The van der Waals surface area contributed by atoms with Crippen LogP contribution in [0.2, 0.25) is 0 Å². The van der Waals surface area contributed by atoms with E-state index in [4.69, 9.17) is 0 Å². The fourth-order valence-electron chi connectivity index (χ4n) is 2.76. The van der Waals surface area contributed by atoms with Gasteiger partial charge in [-0.1, -0.05) is 6.07 Å². The van der Waals surface area contributed by atoms with Crippen LogP contribution >= 0.6 is 0 Å². The largest absolute Gasteiger partial charge is 0.573 e. The Kier molecular flexibility index (Phi) is 5.14. The molecule has 152 valence electrons. The molecule has 29 heavy (non-hydrogen) atoms. The average molecular weight is 408 g/mol. The summed E-state index contributed by atoms with van der Waals surface area (Å²) in [5, 5.41) is 4.92. The van der Waals surface area contributed by atoms with Crippen molar-refractivity contribution >= 4 is 23.5 Å². The minimum atomic E-state index is -4.82. The van der Waals surface area contributed by atoms with Gasteiger partial charge in [0.15, 0.2) is 5.54 Å². The van der Waals surface area contributed by atoms with Crippen molar-refractivity contribution in [2.75, 3.05) is 11.9 Å². The number of alkyl halides is 3. The third-order valence-corrected chi connectivity index (χ3v) is 4.13. The van der Waals surface area contributed by atoms with Gasteiger partial charge in [0.1, 0.15) is 12.3 Å². The number of hydrogen-bond acceptors (Lipinski definition) is 5. The summed E-state index contributed by atoms with van der Waals surface area (Å²) in [4.78, 5) is 41.9. The number of carbonyl (C=O) groups is 3. The number of amides is 4. The van der Waals surface area contributed by atoms with Crippen molar-refractivity contribution < 1.29 is 32.3 Å². The molecule has 0 bridgehead atoms. The topological polar surface area (TPSA) is 101 Å². The van der Waals surface area contributed by atoms with E-state index in [9.17, 15) is 27.6 Å². The second-order valence-electron chi connectivity index (χ2n) is 6.28. The molecule has 0 spiro atoms. The molecule has 1 aliphatic heterocycles. The number of benzene rings is 1. The quantitative estimate of drug-likeness (QED) is 0.740. The van der Waals surface area contributed by atoms with E-state index in [0.29, 0.717) is 5.69 Å². The van der Waals surface area contributed by atoms with E-state index in [1.54, 1.807) is 18.2 Å². The summed E-state index contributed by atoms with van der Waals surface area (Å²) >= 11 is 0. The summed E-state index contributed by atoms with van der Waals surface area (Å²) in [5.74, 6) is -1.80. The molecule has 2 aromatic rings. The molecular weight excluding hydrogens is 393 g/mol. The van der Waals surface area contributed by atoms with Gasteiger partial charge in [0.2, 0.25) is 5.91 Å². The molecule has 1 atom stereocenters. The van der Waals surface area contributed by atoms with Crippen molar-refractivity contribution in [2.24, 2.45) is 0 Å². The van der Waals surface area contributed by atoms with E-state index in [0.717, 1.165) is 17.0 Å². The van der Waals surface area contributed by atoms with Crippen molar-refractivity contribution in [2.45, 2.75) is 18.8 Å². The number of urea groups is 1. The fraction of sp³-hybridized carbons (Fsp3) is 0.222. The Bertz CT molecular complexity index is 934. The first kappa shape index (κ1) is 20.1. The van der Waals surface area contributed by atoms with Crippen LogP contribution in [0.5, 0.6) is 5.75 Å². The van der Waals surface area contributed by atoms with E-state index < -0.39 is 42.0 Å². The second kappa shape index (κ2) is 7.41. The molecule has 0 aliphatic carbocycles. The van der Waals surface area contributed by atoms with Gasteiger partial charge in [0, 0.05) is 11.9 Å². The molecule has 2 heterocycles. The fourth-order valence-corrected chi connectivity index (χ4v) is 2.76. The van der Waals surface area contributed by atoms with Crippen LogP contribution in [0.4, 0.5) is 23.7 Å². The molecule has 1 aliphatic rings. The number of halogens is 3. The summed E-state index contributed by atoms with van der Waals surface area (Å²) in [7, 11) is 0. The van der Waals surface area contributed by atoms with Gasteiger partial charge in [0.25, 0.3) is 5.91 Å². The molecule has 0 saturated carbocycles. The van der Waals surface area contributed by atoms with Gasteiger partial charge in [0.05, 0.1) is 5.69 Å². The van der Waals surface area contributed by atoms with Gasteiger partial charge in [-0.15, -0.1) is 13.2 Å². The standard InChI is InChI=1S/C18H15F3N4O4/c1-17(13-4-2-3-9-22-13)15(27)25(16(28)24-17)10-14(26)23-11-5-7-12(8-6-11)29-18(19,20)21/h2-9H,10H2,1H3,(H,23,26)(H,24,28). The molecule has 1 aromatic heterocycles. The van der Waals surface area contributed by atoms with E-state index in [2.05, 4.69) is 20.4 Å². The zero-order valence-corrected chi connectivity index (χ0v) is 15.0. The first-order chi connectivity index (χ1) is 13.6. The van der Waals surface area contributed by atoms with Crippen molar-refractivity contribution in [3.05, 3.63) is 54.4 Å². The molecule has 1 saturated heterocycles. The van der Waals surface area contributed by atoms with Crippen LogP contribution in [0.25, 0.3) is 0 Å². The van der Waals surface area contributed by atoms with Crippen molar-refractivity contribution in [1.82, 2.24) is 15.2 Å². The Morgan fingerprint density at radius 2 is 1.90 bits per heavy atom. The smallest absolute Gasteiger partial charge is 0.406 e. The molecule has 11 heteroatoms. The lowest BCUT2D eigenvalue weighted by Crippen LogP contribution is -2.42. The Morgan fingerprint density at radius 1 is 1.21 bits per heavy atom. The lowest BCUT2D eigenvalue weighted by atomic mass is 9.97. The predicted octanol–water partition coefficient (Wildman–Crippen LogP) is 2.39. The third kappa shape index (κ3) is 4.45. The minimum absolute atomic E-state index is 0.170. The van der Waals surface area contributed by atoms with Gasteiger partial charge in [-0.2, -0.15) is 0 Å². The molecule has 3 rings (SSSR count). The average Bonchev–Trinajstić information content (AvgIpc) is 2.87. The molecular formula is C18H15F3N4O4.